The van der Waals surface area contributed by atoms with E-state index in [0.717, 1.165) is 17.7 Å². The molecule has 1 aromatic carbocycles. The molecular formula is C16H24O7. The lowest BCUT2D eigenvalue weighted by Crippen LogP contribution is -2.59. The highest BCUT2D eigenvalue weighted by Gasteiger charge is 2.43. The van der Waals surface area contributed by atoms with Crippen molar-refractivity contribution in [2.75, 3.05) is 20.3 Å². The van der Waals surface area contributed by atoms with Crippen molar-refractivity contribution in [3.63, 3.8) is 0 Å². The Hall–Kier alpha value is -1.22. The highest BCUT2D eigenvalue weighted by molar-refractivity contribution is 5.33. The first kappa shape index (κ1) is 18.1. The molecule has 0 amide bonds. The maximum Gasteiger partial charge on any atom is 0.186 e. The second-order valence-electron chi connectivity index (χ2n) is 5.48. The number of aliphatic hydroxyl groups excluding tert-OH is 4. The number of para-hydroxylation sites is 1. The van der Waals surface area contributed by atoms with E-state index < -0.39 is 37.3 Å². The van der Waals surface area contributed by atoms with Gasteiger partial charge in [-0.05, 0) is 24.5 Å². The maximum absolute atomic E-state index is 9.86. The summed E-state index contributed by atoms with van der Waals surface area (Å²) in [5.41, 5.74) is 1.05. The molecule has 1 saturated heterocycles. The zero-order valence-corrected chi connectivity index (χ0v) is 13.0. The normalized spacial score (nSPS) is 31.1. The summed E-state index contributed by atoms with van der Waals surface area (Å²) >= 11 is 0. The van der Waals surface area contributed by atoms with Crippen molar-refractivity contribution in [3.8, 4) is 5.75 Å². The molecule has 1 aliphatic heterocycles. The maximum atomic E-state index is 9.86. The van der Waals surface area contributed by atoms with Crippen LogP contribution >= 0.6 is 0 Å². The van der Waals surface area contributed by atoms with Gasteiger partial charge in [0.1, 0.15) is 30.2 Å². The quantitative estimate of drug-likeness (QED) is 0.497. The molecule has 5 atom stereocenters. The summed E-state index contributed by atoms with van der Waals surface area (Å²) in [5, 5.41) is 38.3. The topological polar surface area (TPSA) is 109 Å². The van der Waals surface area contributed by atoms with Crippen molar-refractivity contribution < 1.29 is 34.6 Å². The van der Waals surface area contributed by atoms with Crippen LogP contribution in [0, 0.1) is 0 Å². The number of ether oxygens (including phenoxy) is 3. The Morgan fingerprint density at radius 2 is 1.83 bits per heavy atom. The Labute approximate surface area is 135 Å². The van der Waals surface area contributed by atoms with Crippen molar-refractivity contribution in [2.45, 2.75) is 43.5 Å². The van der Waals surface area contributed by atoms with Gasteiger partial charge in [0.05, 0.1) is 20.3 Å². The van der Waals surface area contributed by atoms with Gasteiger partial charge < -0.3 is 34.6 Å². The highest BCUT2D eigenvalue weighted by atomic mass is 16.7. The van der Waals surface area contributed by atoms with E-state index in [0.29, 0.717) is 13.0 Å². The minimum atomic E-state index is -1.42. The van der Waals surface area contributed by atoms with Crippen LogP contribution in [0.25, 0.3) is 0 Å². The summed E-state index contributed by atoms with van der Waals surface area (Å²) in [6.45, 7) is -0.174. The minimum Gasteiger partial charge on any atom is -0.496 e. The first-order valence-electron chi connectivity index (χ1n) is 7.62. The van der Waals surface area contributed by atoms with Crippen molar-refractivity contribution in [1.29, 1.82) is 0 Å². The van der Waals surface area contributed by atoms with Crippen molar-refractivity contribution >= 4 is 0 Å². The molecule has 2 rings (SSSR count). The first-order chi connectivity index (χ1) is 11.1. The highest BCUT2D eigenvalue weighted by Crippen LogP contribution is 2.23. The summed E-state index contributed by atoms with van der Waals surface area (Å²) in [4.78, 5) is 0. The summed E-state index contributed by atoms with van der Waals surface area (Å²) in [7, 11) is 1.61. The Kier molecular flexibility index (Phi) is 6.76. The number of rotatable bonds is 7. The second kappa shape index (κ2) is 8.58. The van der Waals surface area contributed by atoms with E-state index in [4.69, 9.17) is 19.3 Å². The fraction of sp³-hybridized carbons (Fsp3) is 0.625. The third kappa shape index (κ3) is 4.41. The number of methoxy groups -OCH3 is 1. The smallest absolute Gasteiger partial charge is 0.186 e. The molecule has 0 unspecified atom stereocenters. The van der Waals surface area contributed by atoms with E-state index in [1.807, 2.05) is 24.3 Å². The third-order valence-corrected chi connectivity index (χ3v) is 3.91. The monoisotopic (exact) mass is 328 g/mol. The van der Waals surface area contributed by atoms with E-state index in [1.165, 1.54) is 0 Å². The van der Waals surface area contributed by atoms with Crippen LogP contribution in [-0.4, -0.2) is 71.5 Å². The lowest BCUT2D eigenvalue weighted by atomic mass is 9.99. The second-order valence-corrected chi connectivity index (χ2v) is 5.48. The molecule has 0 bridgehead atoms. The van der Waals surface area contributed by atoms with Crippen molar-refractivity contribution in [2.24, 2.45) is 0 Å². The zero-order chi connectivity index (χ0) is 16.8. The SMILES string of the molecule is COc1ccccc1CCCO[C@@H]1O[C@H](CO)[C@@H](O)[C@H](O)[C@H]1O. The lowest BCUT2D eigenvalue weighted by Gasteiger charge is -2.39. The molecule has 130 valence electrons. The molecule has 0 radical (unpaired) electrons. The summed E-state index contributed by atoms with van der Waals surface area (Å²) in [5.74, 6) is 0.806. The molecule has 7 heteroatoms. The third-order valence-electron chi connectivity index (χ3n) is 3.91. The molecule has 23 heavy (non-hydrogen) atoms. The van der Waals surface area contributed by atoms with E-state index in [-0.39, 0.29) is 0 Å². The number of hydrogen-bond acceptors (Lipinski definition) is 7. The Morgan fingerprint density at radius 3 is 2.52 bits per heavy atom. The Morgan fingerprint density at radius 1 is 1.09 bits per heavy atom. The zero-order valence-electron chi connectivity index (χ0n) is 13.0. The fourth-order valence-electron chi connectivity index (χ4n) is 2.58. The van der Waals surface area contributed by atoms with Crippen LogP contribution in [0.3, 0.4) is 0 Å². The molecule has 1 fully saturated rings. The van der Waals surface area contributed by atoms with Crippen molar-refractivity contribution in [3.05, 3.63) is 29.8 Å². The molecule has 7 nitrogen and oxygen atoms in total. The van der Waals surface area contributed by atoms with Crippen LogP contribution in [0.4, 0.5) is 0 Å². The molecule has 1 aliphatic rings. The predicted molar refractivity (Wildman–Crippen MR) is 81.0 cm³/mol. The van der Waals surface area contributed by atoms with Crippen LogP contribution in [0.15, 0.2) is 24.3 Å². The average Bonchev–Trinajstić information content (AvgIpc) is 2.58. The molecule has 1 aromatic rings. The van der Waals surface area contributed by atoms with Gasteiger partial charge >= 0.3 is 0 Å². The average molecular weight is 328 g/mol. The summed E-state index contributed by atoms with van der Waals surface area (Å²) < 4.78 is 16.0. The molecule has 1 heterocycles. The van der Waals surface area contributed by atoms with E-state index in [2.05, 4.69) is 0 Å². The van der Waals surface area contributed by atoms with Gasteiger partial charge in [0.15, 0.2) is 6.29 Å². The van der Waals surface area contributed by atoms with Gasteiger partial charge in [-0.3, -0.25) is 0 Å². The van der Waals surface area contributed by atoms with Gasteiger partial charge in [0.2, 0.25) is 0 Å². The van der Waals surface area contributed by atoms with E-state index in [1.54, 1.807) is 7.11 Å². The van der Waals surface area contributed by atoms with E-state index >= 15 is 0 Å². The van der Waals surface area contributed by atoms with Crippen LogP contribution in [0.1, 0.15) is 12.0 Å². The molecule has 0 aliphatic carbocycles. The Bertz CT molecular complexity index is 479. The Balaban J connectivity index is 1.81. The number of aliphatic hydroxyl groups is 4. The van der Waals surface area contributed by atoms with Crippen LogP contribution in [0.2, 0.25) is 0 Å². The van der Waals surface area contributed by atoms with Gasteiger partial charge in [0.25, 0.3) is 0 Å². The lowest BCUT2D eigenvalue weighted by molar-refractivity contribution is -0.301. The van der Waals surface area contributed by atoms with Gasteiger partial charge in [-0.1, -0.05) is 18.2 Å². The molecule has 0 aromatic heterocycles. The van der Waals surface area contributed by atoms with Crippen LogP contribution in [-0.2, 0) is 15.9 Å². The predicted octanol–water partition coefficient (Wildman–Crippen LogP) is -0.556. The van der Waals surface area contributed by atoms with Crippen LogP contribution < -0.4 is 4.74 Å². The largest absolute Gasteiger partial charge is 0.496 e. The number of benzene rings is 1. The number of aryl methyl sites for hydroxylation is 1. The summed E-state index contributed by atoms with van der Waals surface area (Å²) in [6, 6.07) is 7.67. The van der Waals surface area contributed by atoms with Crippen molar-refractivity contribution in [1.82, 2.24) is 0 Å². The van der Waals surface area contributed by atoms with Gasteiger partial charge in [-0.25, -0.2) is 0 Å². The van der Waals surface area contributed by atoms with Gasteiger partial charge in [0, 0.05) is 0 Å². The standard InChI is InChI=1S/C16H24O7/c1-21-11-7-3-2-5-10(11)6-4-8-22-16-15(20)14(19)13(18)12(9-17)23-16/h2-3,5,7,12-20H,4,6,8-9H2,1H3/t12-,13-,14+,15-,16-/m1/s1. The van der Waals surface area contributed by atoms with Crippen LogP contribution in [0.5, 0.6) is 5.75 Å². The molecule has 0 spiro atoms. The van der Waals surface area contributed by atoms with Gasteiger partial charge in [-0.15, -0.1) is 0 Å². The molecular weight excluding hydrogens is 304 g/mol. The van der Waals surface area contributed by atoms with E-state index in [9.17, 15) is 15.3 Å². The summed E-state index contributed by atoms with van der Waals surface area (Å²) in [6.07, 6.45) is -4.80. The fourth-order valence-corrected chi connectivity index (χ4v) is 2.58. The molecule has 0 saturated carbocycles. The number of hydrogen-bond donors (Lipinski definition) is 4. The first-order valence-corrected chi connectivity index (χ1v) is 7.62. The minimum absolute atomic E-state index is 0.292. The van der Waals surface area contributed by atoms with Gasteiger partial charge in [-0.2, -0.15) is 0 Å². The molecule has 4 N–H and O–H groups in total.